The topological polar surface area (TPSA) is 267 Å². The SMILES string of the molecule is CC1OC(OC2CCC3(C)C(CCC4(C)C3C=CC35OCC6(CCC(C)(C)CC63)C(O)CC45C)C2(C)C)C(OC2OC(CO)C(O)C(O)C2O)C(OC2OC(CO)C(O)C(O)C2O)C1O. The number of aliphatic hydroxyl groups excluding tert-OH is 10. The molecule has 25 atom stereocenters. The number of aliphatic hydroxyl groups is 10. The minimum Gasteiger partial charge on any atom is -0.394 e. The molecule has 4 saturated carbocycles. The minimum absolute atomic E-state index is 0.150. The number of fused-ring (bicyclic) bond motifs is 4. The Kier molecular flexibility index (Phi) is 12.5. The van der Waals surface area contributed by atoms with Gasteiger partial charge in [0.25, 0.3) is 0 Å². The Hall–Kier alpha value is -0.940. The van der Waals surface area contributed by atoms with Crippen LogP contribution in [0.2, 0.25) is 0 Å². The third kappa shape index (κ3) is 7.02. The second-order valence-electron chi connectivity index (χ2n) is 23.9. The first kappa shape index (κ1) is 49.1. The van der Waals surface area contributed by atoms with E-state index in [4.69, 9.17) is 33.2 Å². The van der Waals surface area contributed by atoms with Gasteiger partial charge in [0.2, 0.25) is 0 Å². The van der Waals surface area contributed by atoms with Crippen LogP contribution in [0.3, 0.4) is 0 Å². The molecule has 17 nitrogen and oxygen atoms in total. The molecule has 25 unspecified atom stereocenters. The van der Waals surface area contributed by atoms with Gasteiger partial charge in [-0.3, -0.25) is 0 Å². The normalized spacial score (nSPS) is 58.0. The van der Waals surface area contributed by atoms with Crippen molar-refractivity contribution in [3.05, 3.63) is 12.2 Å². The van der Waals surface area contributed by atoms with Gasteiger partial charge in [-0.1, -0.05) is 60.6 Å². The van der Waals surface area contributed by atoms with Gasteiger partial charge >= 0.3 is 0 Å². The smallest absolute Gasteiger partial charge is 0.187 e. The summed E-state index contributed by atoms with van der Waals surface area (Å²) in [6.07, 6.45) is -12.5. The number of hydrogen-bond acceptors (Lipinski definition) is 17. The lowest BCUT2D eigenvalue weighted by Gasteiger charge is -2.73. The zero-order valence-electron chi connectivity index (χ0n) is 39.3. The molecule has 9 rings (SSSR count). The molecule has 2 bridgehead atoms. The van der Waals surface area contributed by atoms with Crippen LogP contribution in [0.5, 0.6) is 0 Å². The van der Waals surface area contributed by atoms with E-state index >= 15 is 0 Å². The lowest BCUT2D eigenvalue weighted by Crippen LogP contribution is -2.72. The van der Waals surface area contributed by atoms with Crippen molar-refractivity contribution in [3.8, 4) is 0 Å². The Labute approximate surface area is 382 Å². The molecule has 17 heteroatoms. The van der Waals surface area contributed by atoms with E-state index in [2.05, 4.69) is 60.6 Å². The predicted octanol–water partition coefficient (Wildman–Crippen LogP) is 0.629. The van der Waals surface area contributed by atoms with Gasteiger partial charge in [-0.05, 0) is 91.8 Å². The van der Waals surface area contributed by atoms with Crippen LogP contribution in [0.15, 0.2) is 12.2 Å². The lowest BCUT2D eigenvalue weighted by atomic mass is 9.32. The zero-order valence-corrected chi connectivity index (χ0v) is 39.3. The average molecular weight is 927 g/mol. The third-order valence-corrected chi connectivity index (χ3v) is 19.9. The van der Waals surface area contributed by atoms with E-state index in [0.717, 1.165) is 38.5 Å². The van der Waals surface area contributed by atoms with E-state index in [1.807, 2.05) is 0 Å². The summed E-state index contributed by atoms with van der Waals surface area (Å²) in [5.74, 6) is 0.554. The maximum atomic E-state index is 12.2. The molecule has 65 heavy (non-hydrogen) atoms. The van der Waals surface area contributed by atoms with Crippen LogP contribution in [-0.2, 0) is 33.2 Å². The summed E-state index contributed by atoms with van der Waals surface area (Å²) in [4.78, 5) is 0. The standard InChI is InChI=1S/C48H78O17/c1-22-30(52)37(64-39-35(57)33(55)31(53)23(19-49)61-39)38(65-40-36(58)34(56)32(54)24(20-50)62-40)41(60-22)63-29-11-12-44(6)25(43(29,4)5)9-13-45(7)26(44)10-14-48-27-17-42(2,3)15-16-47(27,21-59-48)28(51)18-46(45,48)8/h10,14,22-41,49-58H,9,11-13,15-21H2,1-8H3. The van der Waals surface area contributed by atoms with E-state index in [-0.39, 0.29) is 44.8 Å². The number of rotatable bonds is 8. The van der Waals surface area contributed by atoms with Crippen molar-refractivity contribution >= 4 is 0 Å². The Morgan fingerprint density at radius 3 is 1.80 bits per heavy atom. The summed E-state index contributed by atoms with van der Waals surface area (Å²) < 4.78 is 44.6. The molecule has 10 N–H and O–H groups in total. The summed E-state index contributed by atoms with van der Waals surface area (Å²) in [7, 11) is 0. The van der Waals surface area contributed by atoms with E-state index in [1.165, 1.54) is 0 Å². The molecular weight excluding hydrogens is 849 g/mol. The van der Waals surface area contributed by atoms with Crippen LogP contribution in [0.25, 0.3) is 0 Å². The predicted molar refractivity (Wildman–Crippen MR) is 228 cm³/mol. The van der Waals surface area contributed by atoms with Crippen LogP contribution < -0.4 is 0 Å². The molecule has 4 heterocycles. The van der Waals surface area contributed by atoms with Crippen molar-refractivity contribution in [3.63, 3.8) is 0 Å². The Balaban J connectivity index is 1.01. The van der Waals surface area contributed by atoms with E-state index in [1.54, 1.807) is 6.92 Å². The van der Waals surface area contributed by atoms with E-state index in [9.17, 15) is 51.1 Å². The van der Waals surface area contributed by atoms with Crippen LogP contribution in [0.4, 0.5) is 0 Å². The fourth-order valence-corrected chi connectivity index (χ4v) is 15.7. The van der Waals surface area contributed by atoms with Gasteiger partial charge in [-0.25, -0.2) is 0 Å². The van der Waals surface area contributed by atoms with Crippen LogP contribution >= 0.6 is 0 Å². The van der Waals surface area contributed by atoms with Crippen molar-refractivity contribution in [2.24, 2.45) is 50.2 Å². The summed E-state index contributed by atoms with van der Waals surface area (Å²) >= 11 is 0. The molecule has 0 amide bonds. The second kappa shape index (κ2) is 16.6. The molecule has 0 aromatic heterocycles. The summed E-state index contributed by atoms with van der Waals surface area (Å²) in [6, 6.07) is 0. The Morgan fingerprint density at radius 2 is 1.20 bits per heavy atom. The summed E-state index contributed by atoms with van der Waals surface area (Å²) in [5.41, 5.74) is -1.70. The molecule has 5 aliphatic carbocycles. The molecule has 4 saturated heterocycles. The van der Waals surface area contributed by atoms with Crippen LogP contribution in [-0.4, -0.2) is 181 Å². The highest BCUT2D eigenvalue weighted by Crippen LogP contribution is 2.79. The summed E-state index contributed by atoms with van der Waals surface area (Å²) in [5, 5.41) is 108. The van der Waals surface area contributed by atoms with Crippen molar-refractivity contribution in [1.82, 2.24) is 0 Å². The largest absolute Gasteiger partial charge is 0.394 e. The molecule has 0 aromatic carbocycles. The zero-order chi connectivity index (χ0) is 47.2. The van der Waals surface area contributed by atoms with Crippen LogP contribution in [0, 0.1) is 50.2 Å². The van der Waals surface area contributed by atoms with Gasteiger partial charge in [0.05, 0.1) is 43.7 Å². The molecule has 1 spiro atoms. The number of ether oxygens (including phenoxy) is 7. The third-order valence-electron chi connectivity index (χ3n) is 19.9. The molecule has 4 aliphatic heterocycles. The van der Waals surface area contributed by atoms with Gasteiger partial charge in [0, 0.05) is 16.7 Å². The fraction of sp³-hybridized carbons (Fsp3) is 0.958. The van der Waals surface area contributed by atoms with Crippen LogP contribution in [0.1, 0.15) is 107 Å². The second-order valence-corrected chi connectivity index (χ2v) is 23.9. The van der Waals surface area contributed by atoms with Crippen molar-refractivity contribution in [1.29, 1.82) is 0 Å². The first-order valence-electron chi connectivity index (χ1n) is 24.3. The maximum absolute atomic E-state index is 12.2. The molecule has 372 valence electrons. The van der Waals surface area contributed by atoms with Gasteiger partial charge in [-0.2, -0.15) is 0 Å². The monoisotopic (exact) mass is 927 g/mol. The van der Waals surface area contributed by atoms with Crippen molar-refractivity contribution < 1.29 is 84.2 Å². The highest BCUT2D eigenvalue weighted by Gasteiger charge is 2.79. The first-order chi connectivity index (χ1) is 30.4. The van der Waals surface area contributed by atoms with Crippen molar-refractivity contribution in [2.45, 2.75) is 217 Å². The molecular formula is C48H78O17. The quantitative estimate of drug-likeness (QED) is 0.118. The Morgan fingerprint density at radius 1 is 0.600 bits per heavy atom. The van der Waals surface area contributed by atoms with Gasteiger partial charge in [-0.15, -0.1) is 0 Å². The molecule has 0 radical (unpaired) electrons. The summed E-state index contributed by atoms with van der Waals surface area (Å²) in [6.45, 7) is 17.1. The average Bonchev–Trinajstić information content (AvgIpc) is 3.53. The van der Waals surface area contributed by atoms with Crippen molar-refractivity contribution in [2.75, 3.05) is 19.8 Å². The van der Waals surface area contributed by atoms with Gasteiger partial charge < -0.3 is 84.2 Å². The highest BCUT2D eigenvalue weighted by atomic mass is 16.8. The molecule has 8 fully saturated rings. The highest BCUT2D eigenvalue weighted by molar-refractivity contribution is 5.36. The Bertz CT molecular complexity index is 1780. The molecule has 0 aromatic rings. The number of hydrogen-bond donors (Lipinski definition) is 10. The molecule has 9 aliphatic rings. The lowest BCUT2D eigenvalue weighted by molar-refractivity contribution is -0.397. The fourth-order valence-electron chi connectivity index (χ4n) is 15.7. The maximum Gasteiger partial charge on any atom is 0.187 e. The first-order valence-corrected chi connectivity index (χ1v) is 24.3. The van der Waals surface area contributed by atoms with Gasteiger partial charge in [0.15, 0.2) is 18.9 Å². The van der Waals surface area contributed by atoms with E-state index < -0.39 is 129 Å². The minimum atomic E-state index is -1.84. The van der Waals surface area contributed by atoms with E-state index in [0.29, 0.717) is 19.4 Å². The number of allylic oxidation sites excluding steroid dienone is 1. The van der Waals surface area contributed by atoms with Gasteiger partial charge in [0.1, 0.15) is 67.1 Å².